The monoisotopic (exact) mass is 261 g/mol. The van der Waals surface area contributed by atoms with Crippen molar-refractivity contribution in [2.24, 2.45) is 0 Å². The van der Waals surface area contributed by atoms with Crippen molar-refractivity contribution < 1.29 is 0 Å². The Kier molecular flexibility index (Phi) is 4.28. The van der Waals surface area contributed by atoms with E-state index >= 15 is 0 Å². The van der Waals surface area contributed by atoms with Gasteiger partial charge in [0.05, 0.1) is 5.69 Å². The van der Waals surface area contributed by atoms with E-state index in [1.165, 1.54) is 0 Å². The fraction of sp³-hybridized carbons (Fsp3) is 0.286. The van der Waals surface area contributed by atoms with Crippen LogP contribution >= 0.6 is 11.6 Å². The third-order valence-electron chi connectivity index (χ3n) is 2.79. The normalized spacial score (nSPS) is 12.4. The molecule has 1 aromatic carbocycles. The van der Waals surface area contributed by atoms with Crippen LogP contribution in [0.3, 0.4) is 0 Å². The van der Waals surface area contributed by atoms with Gasteiger partial charge in [-0.3, -0.25) is 0 Å². The van der Waals surface area contributed by atoms with Crippen LogP contribution in [0.15, 0.2) is 36.5 Å². The molecule has 2 aromatic rings. The van der Waals surface area contributed by atoms with Crippen molar-refractivity contribution >= 4 is 11.6 Å². The first kappa shape index (κ1) is 13.0. The fourth-order valence-electron chi connectivity index (χ4n) is 1.80. The van der Waals surface area contributed by atoms with E-state index in [9.17, 15) is 0 Å². The maximum atomic E-state index is 6.16. The quantitative estimate of drug-likeness (QED) is 0.918. The van der Waals surface area contributed by atoms with Gasteiger partial charge in [0.15, 0.2) is 0 Å². The second-order valence-electron chi connectivity index (χ2n) is 4.22. The highest BCUT2D eigenvalue weighted by Crippen LogP contribution is 2.22. The van der Waals surface area contributed by atoms with Gasteiger partial charge in [-0.15, -0.1) is 0 Å². The highest BCUT2D eigenvalue weighted by atomic mass is 35.5. The van der Waals surface area contributed by atoms with Crippen molar-refractivity contribution in [3.63, 3.8) is 0 Å². The number of halogens is 1. The molecule has 0 aliphatic rings. The smallest absolute Gasteiger partial charge is 0.125 e. The van der Waals surface area contributed by atoms with E-state index in [-0.39, 0.29) is 6.04 Å². The van der Waals surface area contributed by atoms with Gasteiger partial charge in [-0.2, -0.15) is 0 Å². The second-order valence-corrected chi connectivity index (χ2v) is 4.63. The van der Waals surface area contributed by atoms with Gasteiger partial charge in [0, 0.05) is 23.8 Å². The first-order valence-electron chi connectivity index (χ1n) is 5.93. The summed E-state index contributed by atoms with van der Waals surface area (Å²) in [5.74, 6) is 0.791. The van der Waals surface area contributed by atoms with Crippen molar-refractivity contribution in [1.29, 1.82) is 0 Å². The lowest BCUT2D eigenvalue weighted by Crippen LogP contribution is -2.19. The number of nitrogens with zero attached hydrogens (tertiary/aromatic N) is 2. The molecule has 0 saturated heterocycles. The Morgan fingerprint density at radius 2 is 2.06 bits per heavy atom. The van der Waals surface area contributed by atoms with Gasteiger partial charge < -0.3 is 5.32 Å². The van der Waals surface area contributed by atoms with Gasteiger partial charge in [0.25, 0.3) is 0 Å². The van der Waals surface area contributed by atoms with Crippen LogP contribution in [0.2, 0.25) is 5.02 Å². The molecule has 0 aliphatic heterocycles. The minimum atomic E-state index is 0.189. The second kappa shape index (κ2) is 5.94. The molecule has 18 heavy (non-hydrogen) atoms. The molecule has 0 radical (unpaired) electrons. The SMILES string of the molecule is Cc1nccc(CNC(C)c2ccccc2Cl)n1. The zero-order valence-corrected chi connectivity index (χ0v) is 11.3. The van der Waals surface area contributed by atoms with E-state index in [0.29, 0.717) is 6.54 Å². The summed E-state index contributed by atoms with van der Waals surface area (Å²) >= 11 is 6.16. The van der Waals surface area contributed by atoms with Crippen LogP contribution in [-0.4, -0.2) is 9.97 Å². The summed E-state index contributed by atoms with van der Waals surface area (Å²) in [6.07, 6.45) is 1.78. The third kappa shape index (κ3) is 3.28. The lowest BCUT2D eigenvalue weighted by molar-refractivity contribution is 0.566. The molecule has 0 aliphatic carbocycles. The van der Waals surface area contributed by atoms with Gasteiger partial charge in [-0.25, -0.2) is 9.97 Å². The first-order valence-corrected chi connectivity index (χ1v) is 6.31. The Morgan fingerprint density at radius 1 is 1.28 bits per heavy atom. The molecule has 94 valence electrons. The molecule has 0 saturated carbocycles. The lowest BCUT2D eigenvalue weighted by Gasteiger charge is -2.15. The summed E-state index contributed by atoms with van der Waals surface area (Å²) in [6, 6.07) is 9.98. The summed E-state index contributed by atoms with van der Waals surface area (Å²) in [5.41, 5.74) is 2.09. The predicted octanol–water partition coefficient (Wildman–Crippen LogP) is 3.29. The average Bonchev–Trinajstić information content (AvgIpc) is 2.37. The highest BCUT2D eigenvalue weighted by Gasteiger charge is 2.08. The zero-order valence-electron chi connectivity index (χ0n) is 10.5. The van der Waals surface area contributed by atoms with Crippen LogP contribution in [0.5, 0.6) is 0 Å². The maximum absolute atomic E-state index is 6.16. The van der Waals surface area contributed by atoms with Crippen LogP contribution in [0, 0.1) is 6.92 Å². The van der Waals surface area contributed by atoms with Crippen LogP contribution < -0.4 is 5.32 Å². The minimum absolute atomic E-state index is 0.189. The van der Waals surface area contributed by atoms with E-state index in [4.69, 9.17) is 11.6 Å². The van der Waals surface area contributed by atoms with Gasteiger partial charge in [0.2, 0.25) is 0 Å². The van der Waals surface area contributed by atoms with Crippen LogP contribution in [0.1, 0.15) is 30.0 Å². The van der Waals surface area contributed by atoms with E-state index in [1.54, 1.807) is 6.20 Å². The van der Waals surface area contributed by atoms with Crippen LogP contribution in [0.25, 0.3) is 0 Å². The summed E-state index contributed by atoms with van der Waals surface area (Å²) in [7, 11) is 0. The summed E-state index contributed by atoms with van der Waals surface area (Å²) in [5, 5.41) is 4.20. The minimum Gasteiger partial charge on any atom is -0.305 e. The van der Waals surface area contributed by atoms with Gasteiger partial charge in [0.1, 0.15) is 5.82 Å². The number of rotatable bonds is 4. The molecule has 1 atom stereocenters. The van der Waals surface area contributed by atoms with Gasteiger partial charge in [-0.1, -0.05) is 29.8 Å². The largest absolute Gasteiger partial charge is 0.305 e. The molecular weight excluding hydrogens is 246 g/mol. The van der Waals surface area contributed by atoms with Gasteiger partial charge in [-0.05, 0) is 31.5 Å². The van der Waals surface area contributed by atoms with Crippen LogP contribution in [0.4, 0.5) is 0 Å². The Hall–Kier alpha value is -1.45. The molecule has 1 heterocycles. The zero-order chi connectivity index (χ0) is 13.0. The molecule has 0 spiro atoms. The number of nitrogens with one attached hydrogen (secondary N) is 1. The Morgan fingerprint density at radius 3 is 2.78 bits per heavy atom. The first-order chi connectivity index (χ1) is 8.66. The Balaban J connectivity index is 2.00. The molecule has 0 amide bonds. The number of aromatic nitrogens is 2. The van der Waals surface area contributed by atoms with Crippen LogP contribution in [-0.2, 0) is 6.54 Å². The molecule has 1 unspecified atom stereocenters. The number of hydrogen-bond donors (Lipinski definition) is 1. The highest BCUT2D eigenvalue weighted by molar-refractivity contribution is 6.31. The van der Waals surface area contributed by atoms with Crippen molar-refractivity contribution in [2.45, 2.75) is 26.4 Å². The molecule has 0 fully saturated rings. The maximum Gasteiger partial charge on any atom is 0.125 e. The molecule has 3 nitrogen and oxygen atoms in total. The van der Waals surface area contributed by atoms with Crippen molar-refractivity contribution in [2.75, 3.05) is 0 Å². The molecule has 0 bridgehead atoms. The van der Waals surface area contributed by atoms with Crippen molar-refractivity contribution in [3.8, 4) is 0 Å². The van der Waals surface area contributed by atoms with E-state index < -0.39 is 0 Å². The average molecular weight is 262 g/mol. The van der Waals surface area contributed by atoms with Gasteiger partial charge >= 0.3 is 0 Å². The molecule has 4 heteroatoms. The summed E-state index contributed by atoms with van der Waals surface area (Å²) < 4.78 is 0. The van der Waals surface area contributed by atoms with Crippen molar-refractivity contribution in [3.05, 3.63) is 58.6 Å². The number of benzene rings is 1. The summed E-state index contributed by atoms with van der Waals surface area (Å²) in [6.45, 7) is 4.69. The molecule has 1 N–H and O–H groups in total. The number of aryl methyl sites for hydroxylation is 1. The molecular formula is C14H16ClN3. The van der Waals surface area contributed by atoms with Crippen molar-refractivity contribution in [1.82, 2.24) is 15.3 Å². The molecule has 1 aromatic heterocycles. The fourth-order valence-corrected chi connectivity index (χ4v) is 2.10. The van der Waals surface area contributed by atoms with E-state index in [1.807, 2.05) is 37.3 Å². The Bertz CT molecular complexity index is 528. The Labute approximate surface area is 112 Å². The lowest BCUT2D eigenvalue weighted by atomic mass is 10.1. The van der Waals surface area contributed by atoms with E-state index in [2.05, 4.69) is 22.2 Å². The predicted molar refractivity (Wildman–Crippen MR) is 73.5 cm³/mol. The van der Waals surface area contributed by atoms with E-state index in [0.717, 1.165) is 22.1 Å². The standard InChI is InChI=1S/C14H16ClN3/c1-10(13-5-3-4-6-14(13)15)17-9-12-7-8-16-11(2)18-12/h3-8,10,17H,9H2,1-2H3. The number of hydrogen-bond acceptors (Lipinski definition) is 3. The topological polar surface area (TPSA) is 37.8 Å². The summed E-state index contributed by atoms with van der Waals surface area (Å²) in [4.78, 5) is 8.43. The third-order valence-corrected chi connectivity index (χ3v) is 3.14. The molecule has 2 rings (SSSR count).